The van der Waals surface area contributed by atoms with Crippen molar-refractivity contribution in [3.63, 3.8) is 0 Å². The maximum absolute atomic E-state index is 12.4. The van der Waals surface area contributed by atoms with E-state index in [-0.39, 0.29) is 24.0 Å². The topological polar surface area (TPSA) is 52.6 Å². The largest absolute Gasteiger partial charge is 0.401 e. The number of hydrogen-bond acceptors (Lipinski definition) is 4. The zero-order valence-corrected chi connectivity index (χ0v) is 19.2. The number of guanidine groups is 1. The number of rotatable bonds is 6. The maximum Gasteiger partial charge on any atom is 0.401 e. The summed E-state index contributed by atoms with van der Waals surface area (Å²) in [6.07, 6.45) is -1.51. The van der Waals surface area contributed by atoms with Gasteiger partial charge in [0.25, 0.3) is 0 Å². The Morgan fingerprint density at radius 3 is 2.44 bits per heavy atom. The lowest BCUT2D eigenvalue weighted by molar-refractivity contribution is -0.148. The summed E-state index contributed by atoms with van der Waals surface area (Å²) in [6, 6.07) is 0. The fourth-order valence-corrected chi connectivity index (χ4v) is 4.08. The van der Waals surface area contributed by atoms with Gasteiger partial charge >= 0.3 is 6.18 Å². The van der Waals surface area contributed by atoms with E-state index in [0.717, 1.165) is 42.5 Å². The van der Waals surface area contributed by atoms with Crippen LogP contribution in [0, 0.1) is 19.8 Å². The van der Waals surface area contributed by atoms with Crippen LogP contribution < -0.4 is 10.6 Å². The fraction of sp³-hybridized carbons (Fsp3) is 0.765. The molecule has 0 aromatic carbocycles. The van der Waals surface area contributed by atoms with Crippen molar-refractivity contribution < 1.29 is 13.2 Å². The minimum Gasteiger partial charge on any atom is -0.356 e. The third-order valence-electron chi connectivity index (χ3n) is 4.59. The highest BCUT2D eigenvalue weighted by molar-refractivity contribution is 14.0. The first kappa shape index (κ1) is 24.4. The lowest BCUT2D eigenvalue weighted by atomic mass is 9.93. The molecule has 1 aromatic rings. The summed E-state index contributed by atoms with van der Waals surface area (Å²) < 4.78 is 37.2. The molecule has 10 heteroatoms. The number of alkyl halides is 3. The van der Waals surface area contributed by atoms with E-state index in [1.807, 2.05) is 13.8 Å². The number of aromatic nitrogens is 1. The summed E-state index contributed by atoms with van der Waals surface area (Å²) in [4.78, 5) is 11.3. The van der Waals surface area contributed by atoms with Gasteiger partial charge in [0.15, 0.2) is 5.96 Å². The summed E-state index contributed by atoms with van der Waals surface area (Å²) in [5.74, 6) is 1.21. The molecule has 27 heavy (non-hydrogen) atoms. The smallest absolute Gasteiger partial charge is 0.356 e. The molecule has 0 radical (unpaired) electrons. The van der Waals surface area contributed by atoms with Gasteiger partial charge in [-0.15, -0.1) is 35.3 Å². The van der Waals surface area contributed by atoms with Crippen molar-refractivity contribution in [3.8, 4) is 0 Å². The third-order valence-corrected chi connectivity index (χ3v) is 5.67. The van der Waals surface area contributed by atoms with E-state index in [9.17, 15) is 13.2 Å². The SMILES string of the molecule is CN=C(NCCC1CCN(CC(F)(F)F)CC1)NCc1sc(C)nc1C.I. The molecule has 1 saturated heterocycles. The van der Waals surface area contributed by atoms with Crippen molar-refractivity contribution in [2.75, 3.05) is 33.2 Å². The Hall–Kier alpha value is -0.620. The van der Waals surface area contributed by atoms with Gasteiger partial charge < -0.3 is 10.6 Å². The molecule has 2 N–H and O–H groups in total. The van der Waals surface area contributed by atoms with E-state index in [4.69, 9.17) is 0 Å². The predicted octanol–water partition coefficient (Wildman–Crippen LogP) is 3.71. The summed E-state index contributed by atoms with van der Waals surface area (Å²) in [5.41, 5.74) is 1.04. The molecule has 0 amide bonds. The van der Waals surface area contributed by atoms with Crippen LogP contribution in [0.3, 0.4) is 0 Å². The van der Waals surface area contributed by atoms with Gasteiger partial charge in [-0.25, -0.2) is 4.98 Å². The van der Waals surface area contributed by atoms with Crippen LogP contribution in [0.25, 0.3) is 0 Å². The van der Waals surface area contributed by atoms with Crippen molar-refractivity contribution in [2.24, 2.45) is 10.9 Å². The van der Waals surface area contributed by atoms with Crippen molar-refractivity contribution in [1.29, 1.82) is 0 Å². The van der Waals surface area contributed by atoms with E-state index in [0.29, 0.717) is 25.6 Å². The maximum atomic E-state index is 12.4. The number of aryl methyl sites for hydroxylation is 2. The van der Waals surface area contributed by atoms with Crippen LogP contribution >= 0.6 is 35.3 Å². The molecule has 2 rings (SSSR count). The molecule has 0 bridgehead atoms. The molecule has 1 aliphatic heterocycles. The molecule has 0 unspecified atom stereocenters. The first-order chi connectivity index (χ1) is 12.3. The highest BCUT2D eigenvalue weighted by Gasteiger charge is 2.32. The van der Waals surface area contributed by atoms with E-state index in [1.54, 1.807) is 18.4 Å². The van der Waals surface area contributed by atoms with Gasteiger partial charge in [0.1, 0.15) is 0 Å². The number of likely N-dealkylation sites (tertiary alicyclic amines) is 1. The highest BCUT2D eigenvalue weighted by Crippen LogP contribution is 2.24. The quantitative estimate of drug-likeness (QED) is 0.342. The van der Waals surface area contributed by atoms with Gasteiger partial charge in [-0.2, -0.15) is 13.2 Å². The molecule has 0 saturated carbocycles. The van der Waals surface area contributed by atoms with Crippen molar-refractivity contribution in [3.05, 3.63) is 15.6 Å². The molecular weight excluding hydrogens is 490 g/mol. The Morgan fingerprint density at radius 2 is 1.93 bits per heavy atom. The Bertz CT molecular complexity index is 598. The molecule has 2 heterocycles. The normalized spacial score (nSPS) is 16.9. The monoisotopic (exact) mass is 519 g/mol. The van der Waals surface area contributed by atoms with Crippen molar-refractivity contribution in [1.82, 2.24) is 20.5 Å². The molecule has 0 atom stereocenters. The molecule has 156 valence electrons. The second-order valence-corrected chi connectivity index (χ2v) is 8.01. The van der Waals surface area contributed by atoms with Gasteiger partial charge in [0.05, 0.1) is 23.8 Å². The summed E-state index contributed by atoms with van der Waals surface area (Å²) in [7, 11) is 1.73. The predicted molar refractivity (Wildman–Crippen MR) is 115 cm³/mol. The van der Waals surface area contributed by atoms with Crippen LogP contribution in [-0.2, 0) is 6.54 Å². The van der Waals surface area contributed by atoms with E-state index < -0.39 is 12.7 Å². The van der Waals surface area contributed by atoms with Crippen LogP contribution in [0.2, 0.25) is 0 Å². The standard InChI is InChI=1S/C17H28F3N5S.HI/c1-12-15(26-13(2)24-12)10-23-16(21-3)22-7-4-14-5-8-25(9-6-14)11-17(18,19)20;/h14H,4-11H2,1-3H3,(H2,21,22,23);1H. The number of piperidine rings is 1. The third kappa shape index (κ3) is 8.95. The van der Waals surface area contributed by atoms with Gasteiger partial charge in [-0.1, -0.05) is 0 Å². The number of hydrogen-bond donors (Lipinski definition) is 2. The zero-order chi connectivity index (χ0) is 19.2. The molecule has 5 nitrogen and oxygen atoms in total. The van der Waals surface area contributed by atoms with Crippen LogP contribution in [0.15, 0.2) is 4.99 Å². The summed E-state index contributed by atoms with van der Waals surface area (Å²) in [5, 5.41) is 7.63. The number of thiazole rings is 1. The Balaban J connectivity index is 0.00000364. The van der Waals surface area contributed by atoms with Crippen LogP contribution in [0.4, 0.5) is 13.2 Å². The zero-order valence-electron chi connectivity index (χ0n) is 16.0. The van der Waals surface area contributed by atoms with Gasteiger partial charge in [-0.05, 0) is 52.1 Å². The molecule has 0 spiro atoms. The van der Waals surface area contributed by atoms with Crippen molar-refractivity contribution >= 4 is 41.3 Å². The minimum atomic E-state index is -4.10. The second-order valence-electron chi connectivity index (χ2n) is 6.72. The summed E-state index contributed by atoms with van der Waals surface area (Å²) >= 11 is 1.68. The minimum absolute atomic E-state index is 0. The number of aliphatic imine (C=N–C) groups is 1. The van der Waals surface area contributed by atoms with Crippen molar-refractivity contribution in [2.45, 2.75) is 45.8 Å². The van der Waals surface area contributed by atoms with Gasteiger partial charge in [0.2, 0.25) is 0 Å². The average Bonchev–Trinajstić information content (AvgIpc) is 2.88. The van der Waals surface area contributed by atoms with Gasteiger partial charge in [-0.3, -0.25) is 9.89 Å². The molecule has 0 aliphatic carbocycles. The van der Waals surface area contributed by atoms with E-state index in [1.165, 1.54) is 9.78 Å². The van der Waals surface area contributed by atoms with Crippen LogP contribution in [0.5, 0.6) is 0 Å². The number of nitrogens with zero attached hydrogens (tertiary/aromatic N) is 3. The lowest BCUT2D eigenvalue weighted by Crippen LogP contribution is -2.41. The average molecular weight is 519 g/mol. The molecular formula is C17H29F3IN5S. The lowest BCUT2D eigenvalue weighted by Gasteiger charge is -2.32. The van der Waals surface area contributed by atoms with E-state index >= 15 is 0 Å². The molecule has 1 aliphatic rings. The van der Waals surface area contributed by atoms with Crippen LogP contribution in [0.1, 0.15) is 34.8 Å². The van der Waals surface area contributed by atoms with Crippen LogP contribution in [-0.4, -0.2) is 55.2 Å². The Morgan fingerprint density at radius 1 is 1.26 bits per heavy atom. The Kier molecular flexibility index (Phi) is 10.3. The first-order valence-corrected chi connectivity index (χ1v) is 9.75. The Labute approximate surface area is 180 Å². The highest BCUT2D eigenvalue weighted by atomic mass is 127. The summed E-state index contributed by atoms with van der Waals surface area (Å²) in [6.45, 7) is 5.72. The van der Waals surface area contributed by atoms with E-state index in [2.05, 4.69) is 20.6 Å². The molecule has 1 aromatic heterocycles. The first-order valence-electron chi connectivity index (χ1n) is 8.93. The fourth-order valence-electron chi connectivity index (χ4n) is 3.20. The molecule has 1 fully saturated rings. The second kappa shape index (κ2) is 11.4. The van der Waals surface area contributed by atoms with Gasteiger partial charge in [0, 0.05) is 18.5 Å². The number of nitrogens with one attached hydrogen (secondary N) is 2. The number of halogens is 4.